The van der Waals surface area contributed by atoms with Gasteiger partial charge in [-0.3, -0.25) is 15.4 Å². The van der Waals surface area contributed by atoms with E-state index in [2.05, 4.69) is 15.4 Å². The molecule has 0 saturated heterocycles. The van der Waals surface area contributed by atoms with Crippen LogP contribution in [0.1, 0.15) is 5.69 Å². The van der Waals surface area contributed by atoms with Crippen LogP contribution in [0.5, 0.6) is 5.75 Å². The Balaban J connectivity index is 2.01. The maximum Gasteiger partial charge on any atom is 0.325 e. The third kappa shape index (κ3) is 2.44. The number of nitrogens with two attached hydrogens (primary N) is 1. The number of H-pyrrole nitrogens is 2. The number of hydrazine groups is 1. The number of imidazole rings is 1. The number of hydrogen-bond donors (Lipinski definition) is 4. The van der Waals surface area contributed by atoms with Crippen LogP contribution in [0.3, 0.4) is 0 Å². The Morgan fingerprint density at radius 1 is 1.27 bits per heavy atom. The van der Waals surface area contributed by atoms with Crippen LogP contribution >= 0.6 is 0 Å². The summed E-state index contributed by atoms with van der Waals surface area (Å²) in [6.45, 7) is 0. The smallest absolute Gasteiger partial charge is 0.325 e. The van der Waals surface area contributed by atoms with E-state index in [1.807, 2.05) is 0 Å². The first kappa shape index (κ1) is 14.2. The van der Waals surface area contributed by atoms with E-state index in [1.165, 1.54) is 19.2 Å². The predicted molar refractivity (Wildman–Crippen MR) is 80.9 cm³/mol. The van der Waals surface area contributed by atoms with Crippen LogP contribution in [-0.4, -0.2) is 25.5 Å². The van der Waals surface area contributed by atoms with Crippen molar-refractivity contribution in [3.63, 3.8) is 0 Å². The molecule has 0 atom stereocenters. The monoisotopic (exact) mass is 323 g/mol. The molecular formula is C12H13N5O4S. The first-order chi connectivity index (χ1) is 10.4. The lowest BCUT2D eigenvalue weighted by molar-refractivity contribution is 0.414. The zero-order valence-electron chi connectivity index (χ0n) is 11.5. The van der Waals surface area contributed by atoms with E-state index in [0.29, 0.717) is 22.9 Å². The summed E-state index contributed by atoms with van der Waals surface area (Å²) in [7, 11) is -2.40. The molecule has 0 aliphatic carbocycles. The van der Waals surface area contributed by atoms with E-state index in [0.717, 1.165) is 0 Å². The van der Waals surface area contributed by atoms with Crippen LogP contribution in [-0.2, 0) is 10.0 Å². The average Bonchev–Trinajstić information content (AvgIpc) is 2.84. The molecule has 5 N–H and O–H groups in total. The molecule has 116 valence electrons. The molecule has 0 unspecified atom stereocenters. The SMILES string of the molecule is COc1cc(S(N)(=O)=O)ccc1N1C=Cc2[nH]c(=O)[nH]c2N1. The molecule has 0 saturated carbocycles. The van der Waals surface area contributed by atoms with Gasteiger partial charge in [-0.05, 0) is 18.2 Å². The molecule has 0 bridgehead atoms. The molecule has 1 aromatic heterocycles. The Kier molecular flexibility index (Phi) is 3.19. The standard InChI is InChI=1S/C12H13N5O4S/c1-21-10-6-7(22(13,19)20)2-3-9(10)17-5-4-8-11(16-17)15-12(18)14-8/h2-6,16H,1H3,(H2,13,19,20)(H2,14,15,18). The van der Waals surface area contributed by atoms with Crippen molar-refractivity contribution in [2.24, 2.45) is 5.14 Å². The number of primary sulfonamides is 1. The normalized spacial score (nSPS) is 13.6. The maximum atomic E-state index is 11.4. The second-order valence-corrected chi connectivity index (χ2v) is 6.11. The van der Waals surface area contributed by atoms with Gasteiger partial charge in [-0.2, -0.15) is 0 Å². The van der Waals surface area contributed by atoms with Gasteiger partial charge in [0.2, 0.25) is 10.0 Å². The minimum atomic E-state index is -3.82. The number of nitrogens with one attached hydrogen (secondary N) is 3. The average molecular weight is 323 g/mol. The van der Waals surface area contributed by atoms with Crippen LogP contribution in [0.4, 0.5) is 11.5 Å². The number of anilines is 2. The Hall–Kier alpha value is -2.72. The third-order valence-electron chi connectivity index (χ3n) is 3.12. The number of nitrogens with zero attached hydrogens (tertiary/aromatic N) is 1. The Morgan fingerprint density at radius 3 is 2.73 bits per heavy atom. The maximum absolute atomic E-state index is 11.4. The molecular weight excluding hydrogens is 310 g/mol. The summed E-state index contributed by atoms with van der Waals surface area (Å²) in [6, 6.07) is 4.25. The van der Waals surface area contributed by atoms with Gasteiger partial charge >= 0.3 is 5.69 Å². The van der Waals surface area contributed by atoms with E-state index in [4.69, 9.17) is 9.88 Å². The highest BCUT2D eigenvalue weighted by Crippen LogP contribution is 2.32. The van der Waals surface area contributed by atoms with Gasteiger partial charge in [-0.25, -0.2) is 18.4 Å². The van der Waals surface area contributed by atoms with Crippen molar-refractivity contribution in [1.29, 1.82) is 0 Å². The Morgan fingerprint density at radius 2 is 2.05 bits per heavy atom. The summed E-state index contributed by atoms with van der Waals surface area (Å²) in [6.07, 6.45) is 3.36. The fourth-order valence-corrected chi connectivity index (χ4v) is 2.62. The van der Waals surface area contributed by atoms with Gasteiger partial charge in [0.15, 0.2) is 5.82 Å². The number of aromatic amines is 2. The molecule has 1 aromatic carbocycles. The molecule has 3 rings (SSSR count). The topological polar surface area (TPSA) is 133 Å². The Bertz CT molecular complexity index is 912. The van der Waals surface area contributed by atoms with Gasteiger partial charge in [-0.1, -0.05) is 0 Å². The van der Waals surface area contributed by atoms with E-state index in [-0.39, 0.29) is 10.6 Å². The minimum absolute atomic E-state index is 0.0511. The van der Waals surface area contributed by atoms with E-state index in [9.17, 15) is 13.2 Å². The summed E-state index contributed by atoms with van der Waals surface area (Å²) >= 11 is 0. The number of rotatable bonds is 3. The van der Waals surface area contributed by atoms with Crippen LogP contribution < -0.4 is 26.0 Å². The molecule has 0 fully saturated rings. The molecule has 0 amide bonds. The highest BCUT2D eigenvalue weighted by molar-refractivity contribution is 7.89. The van der Waals surface area contributed by atoms with Gasteiger partial charge in [0, 0.05) is 12.3 Å². The first-order valence-electron chi connectivity index (χ1n) is 6.16. The van der Waals surface area contributed by atoms with Crippen LogP contribution in [0.15, 0.2) is 34.1 Å². The van der Waals surface area contributed by atoms with Gasteiger partial charge in [-0.15, -0.1) is 0 Å². The largest absolute Gasteiger partial charge is 0.494 e. The summed E-state index contributed by atoms with van der Waals surface area (Å²) in [5.74, 6) is 0.801. The van der Waals surface area contributed by atoms with Crippen molar-refractivity contribution in [3.8, 4) is 5.75 Å². The molecule has 22 heavy (non-hydrogen) atoms. The predicted octanol–water partition coefficient (Wildman–Crippen LogP) is 0.177. The molecule has 0 spiro atoms. The van der Waals surface area contributed by atoms with E-state index in [1.54, 1.807) is 23.4 Å². The van der Waals surface area contributed by atoms with Crippen molar-refractivity contribution in [2.45, 2.75) is 4.90 Å². The van der Waals surface area contributed by atoms with Gasteiger partial charge in [0.25, 0.3) is 0 Å². The van der Waals surface area contributed by atoms with E-state index >= 15 is 0 Å². The van der Waals surface area contributed by atoms with Gasteiger partial charge in [0.05, 0.1) is 17.7 Å². The lowest BCUT2D eigenvalue weighted by Gasteiger charge is -2.26. The number of sulfonamides is 1. The Labute approximate surface area is 125 Å². The fourth-order valence-electron chi connectivity index (χ4n) is 2.09. The highest BCUT2D eigenvalue weighted by Gasteiger charge is 2.19. The highest BCUT2D eigenvalue weighted by atomic mass is 32.2. The number of aromatic nitrogens is 2. The molecule has 10 heteroatoms. The van der Waals surface area contributed by atoms with E-state index < -0.39 is 10.0 Å². The number of ether oxygens (including phenoxy) is 1. The van der Waals surface area contributed by atoms with Crippen molar-refractivity contribution in [3.05, 3.63) is 40.6 Å². The number of hydrogen-bond acceptors (Lipinski definition) is 6. The number of benzene rings is 1. The zero-order valence-corrected chi connectivity index (χ0v) is 12.3. The van der Waals surface area contributed by atoms with Crippen LogP contribution in [0.25, 0.3) is 6.08 Å². The molecule has 0 radical (unpaired) electrons. The van der Waals surface area contributed by atoms with Gasteiger partial charge < -0.3 is 9.72 Å². The number of methoxy groups -OCH3 is 1. The zero-order chi connectivity index (χ0) is 15.9. The summed E-state index contributed by atoms with van der Waals surface area (Å²) < 4.78 is 28.0. The summed E-state index contributed by atoms with van der Waals surface area (Å²) in [5.41, 5.74) is 3.80. The molecule has 2 aromatic rings. The van der Waals surface area contributed by atoms with Crippen molar-refractivity contribution in [2.75, 3.05) is 17.5 Å². The van der Waals surface area contributed by atoms with Crippen molar-refractivity contribution in [1.82, 2.24) is 9.97 Å². The second kappa shape index (κ2) is 4.93. The fraction of sp³-hybridized carbons (Fsp3) is 0.0833. The minimum Gasteiger partial charge on any atom is -0.494 e. The molecule has 1 aliphatic rings. The molecule has 1 aliphatic heterocycles. The van der Waals surface area contributed by atoms with Crippen molar-refractivity contribution >= 4 is 27.6 Å². The number of fused-ring (bicyclic) bond motifs is 1. The summed E-state index contributed by atoms with van der Waals surface area (Å²) in [4.78, 5) is 16.4. The summed E-state index contributed by atoms with van der Waals surface area (Å²) in [5, 5.41) is 6.69. The lowest BCUT2D eigenvalue weighted by atomic mass is 10.2. The van der Waals surface area contributed by atoms with Crippen molar-refractivity contribution < 1.29 is 13.2 Å². The third-order valence-corrected chi connectivity index (χ3v) is 4.03. The molecule has 9 nitrogen and oxygen atoms in total. The first-order valence-corrected chi connectivity index (χ1v) is 7.70. The van der Waals surface area contributed by atoms with Crippen LogP contribution in [0, 0.1) is 0 Å². The molecule has 2 heterocycles. The quantitative estimate of drug-likeness (QED) is 0.636. The van der Waals surface area contributed by atoms with Gasteiger partial charge in [0.1, 0.15) is 11.4 Å². The lowest BCUT2D eigenvalue weighted by Crippen LogP contribution is -2.27. The van der Waals surface area contributed by atoms with Crippen LogP contribution in [0.2, 0.25) is 0 Å². The second-order valence-electron chi connectivity index (χ2n) is 4.54.